The Hall–Kier alpha value is -1.81. The number of aromatic nitrogens is 3. The molecular formula is C13H9F3N4OS2. The van der Waals surface area contributed by atoms with Crippen molar-refractivity contribution >= 4 is 23.5 Å². The van der Waals surface area contributed by atoms with Gasteiger partial charge in [-0.3, -0.25) is 5.01 Å². The number of thioether (sulfide) groups is 2. The molecule has 2 aliphatic heterocycles. The van der Waals surface area contributed by atoms with E-state index in [2.05, 4.69) is 10.2 Å². The van der Waals surface area contributed by atoms with Crippen molar-refractivity contribution in [1.29, 1.82) is 0 Å². The highest BCUT2D eigenvalue weighted by atomic mass is 32.2. The van der Waals surface area contributed by atoms with Crippen molar-refractivity contribution in [1.82, 2.24) is 14.9 Å². The van der Waals surface area contributed by atoms with E-state index in [1.54, 1.807) is 24.3 Å². The van der Waals surface area contributed by atoms with E-state index in [1.165, 1.54) is 23.5 Å². The Labute approximate surface area is 137 Å². The van der Waals surface area contributed by atoms with E-state index in [0.717, 1.165) is 10.2 Å². The van der Waals surface area contributed by atoms with Crippen LogP contribution in [0.2, 0.25) is 0 Å². The molecule has 0 unspecified atom stereocenters. The number of fused-ring (bicyclic) bond motifs is 3. The van der Waals surface area contributed by atoms with Crippen LogP contribution < -0.4 is 9.75 Å². The minimum atomic E-state index is -4.56. The van der Waals surface area contributed by atoms with Crippen LogP contribution in [-0.2, 0) is 6.18 Å². The topological polar surface area (TPSA) is 43.2 Å². The number of nitrogens with zero attached hydrogens (tertiary/aromatic N) is 4. The molecule has 0 aliphatic carbocycles. The number of hydrogen-bond acceptors (Lipinski definition) is 6. The fraction of sp³-hybridized carbons (Fsp3) is 0.231. The van der Waals surface area contributed by atoms with Crippen LogP contribution in [0.3, 0.4) is 0 Å². The minimum absolute atomic E-state index is 0.224. The van der Waals surface area contributed by atoms with Crippen LogP contribution in [0.5, 0.6) is 5.75 Å². The van der Waals surface area contributed by atoms with Crippen LogP contribution >= 0.6 is 23.5 Å². The Kier molecular flexibility index (Phi) is 3.27. The molecule has 1 aromatic heterocycles. The van der Waals surface area contributed by atoms with Gasteiger partial charge in [-0.05, 0) is 29.5 Å². The van der Waals surface area contributed by atoms with Crippen LogP contribution in [0, 0.1) is 0 Å². The molecule has 0 saturated carbocycles. The second kappa shape index (κ2) is 5.10. The predicted octanol–water partition coefficient (Wildman–Crippen LogP) is 3.59. The molecule has 10 heteroatoms. The van der Waals surface area contributed by atoms with E-state index in [9.17, 15) is 13.2 Å². The molecule has 0 saturated heterocycles. The number of hydrogen-bond donors (Lipinski definition) is 0. The molecule has 1 atom stereocenters. The highest BCUT2D eigenvalue weighted by molar-refractivity contribution is 8.07. The summed E-state index contributed by atoms with van der Waals surface area (Å²) in [6.07, 6.45) is -4.56. The van der Waals surface area contributed by atoms with Gasteiger partial charge in [-0.25, -0.2) is 4.68 Å². The number of rotatable bonds is 2. The molecule has 1 aromatic carbocycles. The summed E-state index contributed by atoms with van der Waals surface area (Å²) in [5.41, 5.74) is 0.873. The molecule has 120 valence electrons. The van der Waals surface area contributed by atoms with E-state index in [0.29, 0.717) is 10.8 Å². The van der Waals surface area contributed by atoms with Gasteiger partial charge in [-0.15, -0.1) is 10.2 Å². The summed E-state index contributed by atoms with van der Waals surface area (Å²) in [5, 5.41) is 11.0. The second-order valence-electron chi connectivity index (χ2n) is 4.78. The van der Waals surface area contributed by atoms with E-state index < -0.39 is 12.0 Å². The number of alkyl halides is 3. The van der Waals surface area contributed by atoms with Crippen molar-refractivity contribution in [2.75, 3.05) is 12.1 Å². The molecule has 2 aromatic rings. The summed E-state index contributed by atoms with van der Waals surface area (Å²) < 4.78 is 45.6. The number of benzene rings is 1. The van der Waals surface area contributed by atoms with Crippen LogP contribution in [0.15, 0.2) is 39.9 Å². The van der Waals surface area contributed by atoms with Crippen LogP contribution in [-0.4, -0.2) is 22.0 Å². The quantitative estimate of drug-likeness (QED) is 0.817. The lowest BCUT2D eigenvalue weighted by Gasteiger charge is -2.26. The Morgan fingerprint density at radius 2 is 1.91 bits per heavy atom. The number of ether oxygens (including phenoxy) is 1. The highest BCUT2D eigenvalue weighted by Crippen LogP contribution is 2.52. The molecule has 0 radical (unpaired) electrons. The Balaban J connectivity index is 1.75. The van der Waals surface area contributed by atoms with Crippen molar-refractivity contribution in [3.8, 4) is 5.75 Å². The normalized spacial score (nSPS) is 19.6. The minimum Gasteiger partial charge on any atom is -0.497 e. The molecule has 2 aliphatic rings. The third-order valence-corrected chi connectivity index (χ3v) is 5.61. The van der Waals surface area contributed by atoms with Crippen LogP contribution in [0.4, 0.5) is 13.2 Å². The van der Waals surface area contributed by atoms with Gasteiger partial charge >= 0.3 is 6.18 Å². The van der Waals surface area contributed by atoms with Crippen LogP contribution in [0.1, 0.15) is 16.8 Å². The Bertz CT molecular complexity index is 788. The third-order valence-electron chi connectivity index (χ3n) is 3.42. The van der Waals surface area contributed by atoms with Gasteiger partial charge in [0.15, 0.2) is 0 Å². The van der Waals surface area contributed by atoms with E-state index >= 15 is 0 Å². The third kappa shape index (κ3) is 2.27. The summed E-state index contributed by atoms with van der Waals surface area (Å²) in [6, 6.07) is 7.25. The number of methoxy groups -OCH3 is 1. The van der Waals surface area contributed by atoms with Gasteiger partial charge in [-0.2, -0.15) is 13.2 Å². The molecule has 5 nitrogen and oxygen atoms in total. The van der Waals surface area contributed by atoms with Crippen molar-refractivity contribution < 1.29 is 17.9 Å². The van der Waals surface area contributed by atoms with Crippen molar-refractivity contribution in [2.24, 2.45) is 0 Å². The van der Waals surface area contributed by atoms with Gasteiger partial charge in [0, 0.05) is 5.41 Å². The fourth-order valence-electron chi connectivity index (χ4n) is 2.41. The summed E-state index contributed by atoms with van der Waals surface area (Å²) in [5.74, 6) is -0.314. The maximum atomic E-state index is 13.2. The first-order valence-electron chi connectivity index (χ1n) is 6.48. The maximum absolute atomic E-state index is 13.2. The van der Waals surface area contributed by atoms with E-state index in [4.69, 9.17) is 4.74 Å². The second-order valence-corrected chi connectivity index (χ2v) is 6.72. The Morgan fingerprint density at radius 1 is 1.17 bits per heavy atom. The summed E-state index contributed by atoms with van der Waals surface area (Å²) >= 11 is 2.63. The predicted molar refractivity (Wildman–Crippen MR) is 80.5 cm³/mol. The molecule has 0 bridgehead atoms. The van der Waals surface area contributed by atoms with Crippen molar-refractivity contribution in [2.45, 2.75) is 16.7 Å². The molecule has 0 spiro atoms. The molecule has 0 amide bonds. The zero-order valence-corrected chi connectivity index (χ0v) is 13.2. The van der Waals surface area contributed by atoms with Crippen molar-refractivity contribution in [3.63, 3.8) is 0 Å². The summed E-state index contributed by atoms with van der Waals surface area (Å²) in [6.45, 7) is 0. The lowest BCUT2D eigenvalue weighted by Crippen LogP contribution is -2.33. The number of halogens is 3. The first kappa shape index (κ1) is 14.8. The van der Waals surface area contributed by atoms with Gasteiger partial charge in [0.1, 0.15) is 16.2 Å². The monoisotopic (exact) mass is 358 g/mol. The Morgan fingerprint density at radius 3 is 2.57 bits per heavy atom. The lowest BCUT2D eigenvalue weighted by molar-refractivity contribution is -0.147. The molecule has 4 rings (SSSR count). The van der Waals surface area contributed by atoms with Gasteiger partial charge in [0.05, 0.1) is 7.11 Å². The highest BCUT2D eigenvalue weighted by Gasteiger charge is 2.46. The molecule has 23 heavy (non-hydrogen) atoms. The standard InChI is InChI=1S/C13H9F3N4OS2/c1-21-8-4-2-7(3-5-8)10-19-9(6-22-10)23-12-18-17-11(20(12)19)13(14,15)16/h2-6,10H,1H3/t10-/m0/s1. The molecule has 0 fully saturated rings. The molecule has 0 N–H and O–H groups in total. The average molecular weight is 358 g/mol. The zero-order chi connectivity index (χ0) is 16.2. The van der Waals surface area contributed by atoms with Gasteiger partial charge in [0.25, 0.3) is 5.82 Å². The maximum Gasteiger partial charge on any atom is 0.453 e. The van der Waals surface area contributed by atoms with Crippen molar-refractivity contribution in [3.05, 3.63) is 46.1 Å². The largest absolute Gasteiger partial charge is 0.497 e. The van der Waals surface area contributed by atoms with E-state index in [1.807, 2.05) is 17.5 Å². The van der Waals surface area contributed by atoms with Gasteiger partial charge < -0.3 is 4.74 Å². The summed E-state index contributed by atoms with van der Waals surface area (Å²) in [7, 11) is 1.56. The lowest BCUT2D eigenvalue weighted by atomic mass is 10.2. The zero-order valence-electron chi connectivity index (χ0n) is 11.6. The van der Waals surface area contributed by atoms with Crippen LogP contribution in [0.25, 0.3) is 0 Å². The molecule has 3 heterocycles. The molecular weight excluding hydrogens is 349 g/mol. The first-order chi connectivity index (χ1) is 11.0. The van der Waals surface area contributed by atoms with Gasteiger partial charge in [0.2, 0.25) is 5.16 Å². The first-order valence-corrected chi connectivity index (χ1v) is 8.24. The summed E-state index contributed by atoms with van der Waals surface area (Å²) in [4.78, 5) is 0. The smallest absolute Gasteiger partial charge is 0.453 e. The fourth-order valence-corrected chi connectivity index (χ4v) is 4.63. The SMILES string of the molecule is COc1ccc([C@@H]2SC=C3Sc4nnc(C(F)(F)F)n4N32)cc1. The van der Waals surface area contributed by atoms with E-state index in [-0.39, 0.29) is 10.5 Å². The average Bonchev–Trinajstić information content (AvgIpc) is 3.16. The van der Waals surface area contributed by atoms with Gasteiger partial charge in [-0.1, -0.05) is 23.9 Å².